The minimum atomic E-state index is -1.10. The fraction of sp³-hybridized carbons (Fsp3) is 0.350. The number of non-ortho nitro benzene ring substituents is 1. The SMILES string of the molecule is CC1=C/C(=N/OC(=O)c2ccc([N+](=O)[O-])cc2[N+](=O)[O-])[C@H]2[C@H](C1=O)[C@H]1C=C[C@H]2CC1. The average molecular weight is 411 g/mol. The number of fused-ring (bicyclic) bond motifs is 1. The van der Waals surface area contributed by atoms with Gasteiger partial charge < -0.3 is 4.84 Å². The molecular weight excluding hydrogens is 394 g/mol. The van der Waals surface area contributed by atoms with Crippen LogP contribution in [0.25, 0.3) is 0 Å². The molecular formula is C20H17N3O7. The number of allylic oxidation sites excluding steroid dienone is 4. The molecule has 0 saturated heterocycles. The Morgan fingerprint density at radius 3 is 2.37 bits per heavy atom. The number of benzene rings is 1. The zero-order valence-corrected chi connectivity index (χ0v) is 15.9. The summed E-state index contributed by atoms with van der Waals surface area (Å²) in [5, 5.41) is 26.0. The van der Waals surface area contributed by atoms with Crippen LogP contribution in [0, 0.1) is 43.9 Å². The monoisotopic (exact) mass is 411 g/mol. The van der Waals surface area contributed by atoms with E-state index in [1.165, 1.54) is 0 Å². The predicted molar refractivity (Wildman–Crippen MR) is 104 cm³/mol. The summed E-state index contributed by atoms with van der Waals surface area (Å²) in [6.07, 6.45) is 7.55. The van der Waals surface area contributed by atoms with Gasteiger partial charge in [-0.25, -0.2) is 4.79 Å². The van der Waals surface area contributed by atoms with Crippen molar-refractivity contribution in [3.8, 4) is 0 Å². The smallest absolute Gasteiger partial charge is 0.312 e. The molecule has 30 heavy (non-hydrogen) atoms. The Morgan fingerprint density at radius 1 is 1.10 bits per heavy atom. The molecule has 0 radical (unpaired) electrons. The van der Waals surface area contributed by atoms with Crippen molar-refractivity contribution in [2.75, 3.05) is 0 Å². The maximum Gasteiger partial charge on any atom is 0.372 e. The molecule has 5 rings (SSSR count). The van der Waals surface area contributed by atoms with E-state index in [9.17, 15) is 29.8 Å². The minimum Gasteiger partial charge on any atom is -0.312 e. The zero-order chi connectivity index (χ0) is 21.6. The number of rotatable bonds is 4. The van der Waals surface area contributed by atoms with Crippen molar-refractivity contribution < 1.29 is 24.3 Å². The molecule has 154 valence electrons. The van der Waals surface area contributed by atoms with E-state index in [4.69, 9.17) is 4.84 Å². The first-order chi connectivity index (χ1) is 14.3. The van der Waals surface area contributed by atoms with Gasteiger partial charge in [-0.1, -0.05) is 17.3 Å². The van der Waals surface area contributed by atoms with Crippen LogP contribution in [0.3, 0.4) is 0 Å². The molecule has 0 N–H and O–H groups in total. The van der Waals surface area contributed by atoms with Gasteiger partial charge in [-0.05, 0) is 49.3 Å². The maximum atomic E-state index is 12.7. The highest BCUT2D eigenvalue weighted by molar-refractivity contribution is 6.13. The summed E-state index contributed by atoms with van der Waals surface area (Å²) in [5.74, 6) is -1.25. The third-order valence-corrected chi connectivity index (χ3v) is 5.99. The van der Waals surface area contributed by atoms with Gasteiger partial charge in [0.1, 0.15) is 5.56 Å². The number of Topliss-reactive ketones (excluding diaryl/α,β-unsaturated/α-hetero) is 1. The van der Waals surface area contributed by atoms with Crippen LogP contribution in [-0.4, -0.2) is 27.3 Å². The van der Waals surface area contributed by atoms with Gasteiger partial charge in [0, 0.05) is 17.9 Å². The highest BCUT2D eigenvalue weighted by atomic mass is 16.7. The molecule has 2 bridgehead atoms. The fourth-order valence-electron chi connectivity index (χ4n) is 4.59. The molecule has 0 aromatic heterocycles. The minimum absolute atomic E-state index is 0.0651. The van der Waals surface area contributed by atoms with E-state index in [-0.39, 0.29) is 29.5 Å². The number of carbonyl (C=O) groups excluding carboxylic acids is 2. The molecule has 0 spiro atoms. The quantitative estimate of drug-likeness (QED) is 0.320. The van der Waals surface area contributed by atoms with Gasteiger partial charge >= 0.3 is 5.97 Å². The number of carbonyl (C=O) groups is 2. The molecule has 10 heteroatoms. The van der Waals surface area contributed by atoms with Gasteiger partial charge in [0.25, 0.3) is 11.4 Å². The van der Waals surface area contributed by atoms with Crippen molar-refractivity contribution in [3.05, 3.63) is 67.8 Å². The third kappa shape index (κ3) is 3.19. The molecule has 1 fully saturated rings. The summed E-state index contributed by atoms with van der Waals surface area (Å²) in [4.78, 5) is 50.5. The lowest BCUT2D eigenvalue weighted by molar-refractivity contribution is -0.394. The van der Waals surface area contributed by atoms with Crippen LogP contribution in [0.2, 0.25) is 0 Å². The average Bonchev–Trinajstić information content (AvgIpc) is 2.74. The topological polar surface area (TPSA) is 142 Å². The second-order valence-corrected chi connectivity index (χ2v) is 7.64. The number of nitrogens with zero attached hydrogens (tertiary/aromatic N) is 3. The lowest BCUT2D eigenvalue weighted by Crippen LogP contribution is -2.47. The van der Waals surface area contributed by atoms with Crippen LogP contribution in [0.5, 0.6) is 0 Å². The Labute approximate surface area is 170 Å². The number of nitro benzene ring substituents is 2. The van der Waals surface area contributed by atoms with Crippen LogP contribution in [0.1, 0.15) is 30.1 Å². The van der Waals surface area contributed by atoms with Crippen molar-refractivity contribution in [2.45, 2.75) is 19.8 Å². The summed E-state index contributed by atoms with van der Waals surface area (Å²) in [5.41, 5.74) is -0.717. The Morgan fingerprint density at radius 2 is 1.77 bits per heavy atom. The first-order valence-corrected chi connectivity index (χ1v) is 9.41. The van der Waals surface area contributed by atoms with Gasteiger partial charge in [-0.15, -0.1) is 0 Å². The molecule has 0 heterocycles. The fourth-order valence-corrected chi connectivity index (χ4v) is 4.59. The molecule has 4 aliphatic carbocycles. The van der Waals surface area contributed by atoms with Gasteiger partial charge in [-0.3, -0.25) is 25.0 Å². The summed E-state index contributed by atoms with van der Waals surface area (Å²) < 4.78 is 0. The number of hydrogen-bond donors (Lipinski definition) is 0. The zero-order valence-electron chi connectivity index (χ0n) is 15.9. The van der Waals surface area contributed by atoms with E-state index in [1.54, 1.807) is 13.0 Å². The lowest BCUT2D eigenvalue weighted by Gasteiger charge is -2.45. The molecule has 0 aliphatic heterocycles. The first kappa shape index (κ1) is 19.6. The van der Waals surface area contributed by atoms with Crippen LogP contribution in [-0.2, 0) is 9.63 Å². The van der Waals surface area contributed by atoms with Crippen LogP contribution in [0.15, 0.2) is 47.2 Å². The molecule has 4 atom stereocenters. The summed E-state index contributed by atoms with van der Waals surface area (Å²) >= 11 is 0. The Bertz CT molecular complexity index is 1070. The first-order valence-electron chi connectivity index (χ1n) is 9.41. The van der Waals surface area contributed by atoms with Crippen molar-refractivity contribution >= 4 is 28.8 Å². The highest BCUT2D eigenvalue weighted by Crippen LogP contribution is 2.48. The molecule has 10 nitrogen and oxygen atoms in total. The van der Waals surface area contributed by atoms with E-state index in [0.29, 0.717) is 17.4 Å². The maximum absolute atomic E-state index is 12.7. The van der Waals surface area contributed by atoms with Gasteiger partial charge in [0.05, 0.1) is 21.6 Å². The Kier molecular flexibility index (Phi) is 4.76. The van der Waals surface area contributed by atoms with Crippen LogP contribution < -0.4 is 0 Å². The second kappa shape index (κ2) is 7.29. The van der Waals surface area contributed by atoms with Crippen molar-refractivity contribution in [1.82, 2.24) is 0 Å². The van der Waals surface area contributed by atoms with E-state index in [2.05, 4.69) is 17.3 Å². The van der Waals surface area contributed by atoms with E-state index in [1.807, 2.05) is 0 Å². The van der Waals surface area contributed by atoms with Crippen LogP contribution >= 0.6 is 0 Å². The number of oxime groups is 1. The molecule has 1 saturated carbocycles. The van der Waals surface area contributed by atoms with E-state index >= 15 is 0 Å². The molecule has 0 unspecified atom stereocenters. The van der Waals surface area contributed by atoms with E-state index < -0.39 is 32.8 Å². The molecule has 1 aromatic rings. The number of hydrogen-bond acceptors (Lipinski definition) is 8. The number of nitro groups is 2. The van der Waals surface area contributed by atoms with Crippen LogP contribution in [0.4, 0.5) is 11.4 Å². The summed E-state index contributed by atoms with van der Waals surface area (Å²) in [6.45, 7) is 1.68. The summed E-state index contributed by atoms with van der Waals surface area (Å²) in [6, 6.07) is 2.66. The molecule has 0 amide bonds. The highest BCUT2D eigenvalue weighted by Gasteiger charge is 2.48. The van der Waals surface area contributed by atoms with Gasteiger partial charge in [0.15, 0.2) is 5.78 Å². The predicted octanol–water partition coefficient (Wildman–Crippen LogP) is 3.37. The molecule has 1 aromatic carbocycles. The largest absolute Gasteiger partial charge is 0.372 e. The Balaban J connectivity index is 1.64. The van der Waals surface area contributed by atoms with Gasteiger partial charge in [-0.2, -0.15) is 0 Å². The Hall–Kier alpha value is -3.69. The van der Waals surface area contributed by atoms with Gasteiger partial charge in [0.2, 0.25) is 0 Å². The van der Waals surface area contributed by atoms with Crippen molar-refractivity contribution in [3.63, 3.8) is 0 Å². The standard InChI is InChI=1S/C20H17N3O7/c1-10-8-15(17-11-2-4-12(5-3-11)18(17)19(10)24)21-30-20(25)14-7-6-13(22(26)27)9-16(14)23(28)29/h2,4,6-9,11-12,17-18H,3,5H2,1H3/b21-15-/t11-,12-,17-,18+/m0/s1. The van der Waals surface area contributed by atoms with Crippen molar-refractivity contribution in [1.29, 1.82) is 0 Å². The molecule has 4 aliphatic rings. The second-order valence-electron chi connectivity index (χ2n) is 7.64. The van der Waals surface area contributed by atoms with E-state index in [0.717, 1.165) is 25.0 Å². The number of ketones is 1. The lowest BCUT2D eigenvalue weighted by atomic mass is 9.57. The third-order valence-electron chi connectivity index (χ3n) is 5.99. The van der Waals surface area contributed by atoms with Crippen molar-refractivity contribution in [2.24, 2.45) is 28.8 Å². The normalized spacial score (nSPS) is 28.1. The summed E-state index contributed by atoms with van der Waals surface area (Å²) in [7, 11) is 0.